The van der Waals surface area contributed by atoms with Gasteiger partial charge in [0.15, 0.2) is 8.32 Å². The molecule has 5 nitrogen and oxygen atoms in total. The Labute approximate surface area is 221 Å². The minimum atomic E-state index is -2.04. The van der Waals surface area contributed by atoms with Crippen LogP contribution < -0.4 is 0 Å². The molecule has 0 radical (unpaired) electrons. The predicted molar refractivity (Wildman–Crippen MR) is 149 cm³/mol. The third-order valence-corrected chi connectivity index (χ3v) is 11.4. The zero-order chi connectivity index (χ0) is 26.9. The summed E-state index contributed by atoms with van der Waals surface area (Å²) in [5.41, 5.74) is 2.46. The first-order valence-electron chi connectivity index (χ1n) is 12.7. The molecule has 0 aromatic heterocycles. The van der Waals surface area contributed by atoms with Crippen LogP contribution in [0.1, 0.15) is 49.8 Å². The van der Waals surface area contributed by atoms with Gasteiger partial charge in [0.2, 0.25) is 6.10 Å². The molecular weight excluding hydrogens is 480 g/mol. The van der Waals surface area contributed by atoms with Crippen LogP contribution in [0.5, 0.6) is 0 Å². The Kier molecular flexibility index (Phi) is 9.84. The molecule has 0 bridgehead atoms. The van der Waals surface area contributed by atoms with Crippen molar-refractivity contribution in [3.8, 4) is 0 Å². The molecule has 0 saturated carbocycles. The smallest absolute Gasteiger partial charge is 0.347 e. The summed E-state index contributed by atoms with van der Waals surface area (Å²) in [7, 11) is -2.04. The Bertz CT molecular complexity index is 1090. The first kappa shape index (κ1) is 28.3. The van der Waals surface area contributed by atoms with Crippen LogP contribution in [0.4, 0.5) is 0 Å². The van der Waals surface area contributed by atoms with Gasteiger partial charge in [-0.05, 0) is 34.8 Å². The molecule has 0 spiro atoms. The predicted octanol–water partition coefficient (Wildman–Crippen LogP) is 6.89. The number of rotatable bonds is 11. The molecule has 0 heterocycles. The number of ether oxygens (including phenoxy) is 2. The number of hydrogen-bond donors (Lipinski definition) is 0. The lowest BCUT2D eigenvalue weighted by Gasteiger charge is -2.36. The fraction of sp³-hybridized carbons (Fsp3) is 0.355. The maximum atomic E-state index is 13.6. The molecular formula is C31H38O5Si. The maximum absolute atomic E-state index is 13.6. The molecule has 6 heteroatoms. The summed E-state index contributed by atoms with van der Waals surface area (Å²) in [5, 5.41) is 0.0265. The van der Waals surface area contributed by atoms with Crippen LogP contribution in [-0.4, -0.2) is 33.0 Å². The molecule has 0 fully saturated rings. The summed E-state index contributed by atoms with van der Waals surface area (Å²) in [5.74, 6) is -1.73. The van der Waals surface area contributed by atoms with E-state index < -0.39 is 32.3 Å². The van der Waals surface area contributed by atoms with Crippen molar-refractivity contribution in [1.29, 1.82) is 0 Å². The zero-order valence-corrected chi connectivity index (χ0v) is 23.5. The molecule has 0 aliphatic heterocycles. The Balaban J connectivity index is 1.79. The molecule has 0 saturated heterocycles. The van der Waals surface area contributed by atoms with E-state index in [9.17, 15) is 9.59 Å². The van der Waals surface area contributed by atoms with E-state index in [1.54, 1.807) is 0 Å². The lowest BCUT2D eigenvalue weighted by molar-refractivity contribution is -0.170. The fourth-order valence-electron chi connectivity index (χ4n) is 3.65. The second kappa shape index (κ2) is 12.8. The molecule has 0 aliphatic rings. The average Bonchev–Trinajstić information content (AvgIpc) is 2.88. The Morgan fingerprint density at radius 1 is 0.757 bits per heavy atom. The largest absolute Gasteiger partial charge is 0.458 e. The van der Waals surface area contributed by atoms with E-state index in [1.807, 2.05) is 91.0 Å². The number of carbonyl (C=O) groups excluding carboxylic acids is 2. The van der Waals surface area contributed by atoms with Crippen LogP contribution in [0.15, 0.2) is 91.0 Å². The van der Waals surface area contributed by atoms with Gasteiger partial charge >= 0.3 is 11.9 Å². The lowest BCUT2D eigenvalue weighted by Crippen LogP contribution is -2.42. The monoisotopic (exact) mass is 518 g/mol. The van der Waals surface area contributed by atoms with Gasteiger partial charge in [-0.25, -0.2) is 4.79 Å². The van der Waals surface area contributed by atoms with Gasteiger partial charge in [-0.15, -0.1) is 0 Å². The van der Waals surface area contributed by atoms with E-state index in [-0.39, 0.29) is 18.1 Å². The number of esters is 2. The molecule has 0 aliphatic carbocycles. The Morgan fingerprint density at radius 3 is 1.73 bits per heavy atom. The maximum Gasteiger partial charge on any atom is 0.347 e. The first-order valence-corrected chi connectivity index (χ1v) is 15.6. The lowest BCUT2D eigenvalue weighted by atomic mass is 9.91. The molecule has 0 N–H and O–H groups in total. The molecule has 3 aromatic carbocycles. The fourth-order valence-corrected chi connectivity index (χ4v) is 4.71. The summed E-state index contributed by atoms with van der Waals surface area (Å²) >= 11 is 0. The van der Waals surface area contributed by atoms with Gasteiger partial charge in [-0.2, -0.15) is 0 Å². The number of hydrogen-bond acceptors (Lipinski definition) is 5. The van der Waals surface area contributed by atoms with Gasteiger partial charge in [0.1, 0.15) is 12.5 Å². The van der Waals surface area contributed by atoms with Crippen LogP contribution in [0.3, 0.4) is 0 Å². The van der Waals surface area contributed by atoms with Crippen molar-refractivity contribution in [1.82, 2.24) is 0 Å². The second-order valence-electron chi connectivity index (χ2n) is 10.7. The highest BCUT2D eigenvalue weighted by Gasteiger charge is 2.38. The van der Waals surface area contributed by atoms with Gasteiger partial charge in [0, 0.05) is 13.0 Å². The van der Waals surface area contributed by atoms with E-state index in [0.29, 0.717) is 6.61 Å². The average molecular weight is 519 g/mol. The van der Waals surface area contributed by atoms with Gasteiger partial charge in [0.25, 0.3) is 0 Å². The topological polar surface area (TPSA) is 61.8 Å². The van der Waals surface area contributed by atoms with E-state index in [0.717, 1.165) is 16.7 Å². The van der Waals surface area contributed by atoms with Crippen molar-refractivity contribution in [2.45, 2.75) is 64.0 Å². The number of carbonyl (C=O) groups is 2. The van der Waals surface area contributed by atoms with Gasteiger partial charge in [-0.3, -0.25) is 4.79 Å². The van der Waals surface area contributed by atoms with E-state index in [4.69, 9.17) is 13.9 Å². The van der Waals surface area contributed by atoms with E-state index in [2.05, 4.69) is 33.9 Å². The summed E-state index contributed by atoms with van der Waals surface area (Å²) in [6, 6.07) is 28.4. The summed E-state index contributed by atoms with van der Waals surface area (Å²) < 4.78 is 17.8. The standard InChI is InChI=1S/C31H38O5Si/c1-31(2,3)37(4,5)35-22-21-27(29(32)34-23-24-15-9-6-10-16-24)36-30(33)28(25-17-11-7-12-18-25)26-19-13-8-14-20-26/h6-20,27-28H,21-23H2,1-5H3/t27-/m1/s1. The normalized spacial score (nSPS) is 12.7. The van der Waals surface area contributed by atoms with Crippen LogP contribution >= 0.6 is 0 Å². The number of benzene rings is 3. The molecule has 3 rings (SSSR count). The molecule has 3 aromatic rings. The van der Waals surface area contributed by atoms with Crippen molar-refractivity contribution in [2.24, 2.45) is 0 Å². The minimum Gasteiger partial charge on any atom is -0.458 e. The SMILES string of the molecule is CC(C)(C)[Si](C)(C)OCC[C@@H](OC(=O)C(c1ccccc1)c1ccccc1)C(=O)OCc1ccccc1. The van der Waals surface area contributed by atoms with Crippen LogP contribution in [0, 0.1) is 0 Å². The van der Waals surface area contributed by atoms with Crippen molar-refractivity contribution >= 4 is 20.3 Å². The molecule has 0 unspecified atom stereocenters. The Hall–Kier alpha value is -3.22. The highest BCUT2D eigenvalue weighted by Crippen LogP contribution is 2.36. The van der Waals surface area contributed by atoms with Gasteiger partial charge < -0.3 is 13.9 Å². The van der Waals surface area contributed by atoms with Crippen molar-refractivity contribution in [3.05, 3.63) is 108 Å². The van der Waals surface area contributed by atoms with E-state index in [1.165, 1.54) is 0 Å². The highest BCUT2D eigenvalue weighted by molar-refractivity contribution is 6.74. The molecule has 0 amide bonds. The highest BCUT2D eigenvalue weighted by atomic mass is 28.4. The summed E-state index contributed by atoms with van der Waals surface area (Å²) in [6.45, 7) is 11.2. The van der Waals surface area contributed by atoms with Crippen molar-refractivity contribution in [2.75, 3.05) is 6.61 Å². The first-order chi connectivity index (χ1) is 17.6. The van der Waals surface area contributed by atoms with Crippen molar-refractivity contribution in [3.63, 3.8) is 0 Å². The van der Waals surface area contributed by atoms with Crippen LogP contribution in [0.25, 0.3) is 0 Å². The zero-order valence-electron chi connectivity index (χ0n) is 22.5. The molecule has 37 heavy (non-hydrogen) atoms. The van der Waals surface area contributed by atoms with Gasteiger partial charge in [0.05, 0.1) is 0 Å². The van der Waals surface area contributed by atoms with Gasteiger partial charge in [-0.1, -0.05) is 112 Å². The Morgan fingerprint density at radius 2 is 1.24 bits per heavy atom. The van der Waals surface area contributed by atoms with E-state index >= 15 is 0 Å². The summed E-state index contributed by atoms with van der Waals surface area (Å²) in [6.07, 6.45) is -0.849. The molecule has 1 atom stereocenters. The second-order valence-corrected chi connectivity index (χ2v) is 15.5. The molecule has 196 valence electrons. The third kappa shape index (κ3) is 8.14. The van der Waals surface area contributed by atoms with Crippen LogP contribution in [-0.2, 0) is 30.1 Å². The van der Waals surface area contributed by atoms with Crippen LogP contribution in [0.2, 0.25) is 18.1 Å². The minimum absolute atomic E-state index is 0.0265. The van der Waals surface area contributed by atoms with Crippen molar-refractivity contribution < 1.29 is 23.5 Å². The summed E-state index contributed by atoms with van der Waals surface area (Å²) in [4.78, 5) is 26.7. The quantitative estimate of drug-likeness (QED) is 0.204. The third-order valence-electron chi connectivity index (χ3n) is 6.90.